The molecular weight excluding hydrogens is 560 g/mol. The third kappa shape index (κ3) is 10.5. The van der Waals surface area contributed by atoms with Crippen molar-refractivity contribution in [3.63, 3.8) is 0 Å². The highest BCUT2D eigenvalue weighted by Crippen LogP contribution is 2.44. The van der Waals surface area contributed by atoms with E-state index in [1.165, 1.54) is 0 Å². The third-order valence-electron chi connectivity index (χ3n) is 8.51. The highest BCUT2D eigenvalue weighted by Gasteiger charge is 2.45. The van der Waals surface area contributed by atoms with E-state index in [1.54, 1.807) is 37.2 Å². The number of aliphatic imine (C=N–C) groups is 2. The van der Waals surface area contributed by atoms with Crippen LogP contribution in [0.2, 0.25) is 0 Å². The van der Waals surface area contributed by atoms with Gasteiger partial charge in [-0.2, -0.15) is 5.26 Å². The minimum absolute atomic E-state index is 0.0216. The summed E-state index contributed by atoms with van der Waals surface area (Å²) in [6.07, 6.45) is 9.27. The molecule has 0 bridgehead atoms. The number of rotatable bonds is 8. The number of halogens is 2. The first kappa shape index (κ1) is 37.1. The van der Waals surface area contributed by atoms with E-state index in [0.29, 0.717) is 49.4 Å². The van der Waals surface area contributed by atoms with Gasteiger partial charge in [0.15, 0.2) is 0 Å². The fourth-order valence-electron chi connectivity index (χ4n) is 5.65. The highest BCUT2D eigenvalue weighted by atomic mass is 19.3. The predicted molar refractivity (Wildman–Crippen MR) is 175 cm³/mol. The number of amides is 1. The quantitative estimate of drug-likeness (QED) is 0.289. The van der Waals surface area contributed by atoms with Gasteiger partial charge in [0.2, 0.25) is 5.91 Å². The Morgan fingerprint density at radius 1 is 1.30 bits per heavy atom. The van der Waals surface area contributed by atoms with Crippen LogP contribution in [0.15, 0.2) is 40.1 Å². The molecular formula is C35H53F2N5O2. The van der Waals surface area contributed by atoms with Gasteiger partial charge in [-0.3, -0.25) is 14.7 Å². The number of benzene rings is 1. The molecule has 2 aliphatic carbocycles. The summed E-state index contributed by atoms with van der Waals surface area (Å²) in [6, 6.07) is 7.55. The zero-order valence-corrected chi connectivity index (χ0v) is 27.8. The molecule has 2 unspecified atom stereocenters. The number of nitriles is 1. The third-order valence-corrected chi connectivity index (χ3v) is 8.51. The van der Waals surface area contributed by atoms with E-state index in [-0.39, 0.29) is 24.2 Å². The number of unbranched alkanes of at least 4 members (excludes halogenated alkanes) is 1. The van der Waals surface area contributed by atoms with E-state index in [4.69, 9.17) is 5.26 Å². The standard InChI is InChI=1S/C23H37F2N3O2.C10H10N2.C2H6/c1-4-5-9-18-12-16(10-11-23(18,24)25)15-28(21(29)17-7-6-8-17)20-14-26-19(13-27-20)22(2,3)30;1-3-12-10-5-4-9(7-11)6-8(10)2;1-2/h13,16-18,26,30H,4-12,14-15H2,1-3H3;3-6H,1-2H3;1-2H3. The van der Waals surface area contributed by atoms with Crippen molar-refractivity contribution in [1.82, 2.24) is 10.2 Å². The molecule has 244 valence electrons. The van der Waals surface area contributed by atoms with E-state index in [9.17, 15) is 18.7 Å². The summed E-state index contributed by atoms with van der Waals surface area (Å²) in [5.41, 5.74) is 2.23. The maximum absolute atomic E-state index is 14.4. The fourth-order valence-corrected chi connectivity index (χ4v) is 5.65. The number of carbonyl (C=O) groups is 1. The fraction of sp³-hybridized carbons (Fsp3) is 0.657. The van der Waals surface area contributed by atoms with Gasteiger partial charge in [0.1, 0.15) is 5.84 Å². The molecule has 9 heteroatoms. The topological polar surface area (TPSA) is 101 Å². The minimum Gasteiger partial charge on any atom is -0.384 e. The summed E-state index contributed by atoms with van der Waals surface area (Å²) in [7, 11) is 0. The van der Waals surface area contributed by atoms with E-state index in [2.05, 4.69) is 21.4 Å². The van der Waals surface area contributed by atoms with Crippen LogP contribution < -0.4 is 5.32 Å². The first-order valence-electron chi connectivity index (χ1n) is 16.3. The summed E-state index contributed by atoms with van der Waals surface area (Å²) in [5.74, 6) is -2.40. The number of hydrogen-bond acceptors (Lipinski definition) is 6. The van der Waals surface area contributed by atoms with Crippen molar-refractivity contribution in [2.24, 2.45) is 27.7 Å². The smallest absolute Gasteiger partial charge is 0.250 e. The largest absolute Gasteiger partial charge is 0.384 e. The number of aryl methyl sites for hydroxylation is 1. The molecule has 2 atom stereocenters. The van der Waals surface area contributed by atoms with Gasteiger partial charge in [0.25, 0.3) is 5.92 Å². The van der Waals surface area contributed by atoms with Gasteiger partial charge in [-0.25, -0.2) is 13.8 Å². The Morgan fingerprint density at radius 3 is 2.50 bits per heavy atom. The number of nitrogens with one attached hydrogen (secondary N) is 1. The molecule has 3 aliphatic rings. The average molecular weight is 614 g/mol. The molecule has 0 aromatic heterocycles. The van der Waals surface area contributed by atoms with Gasteiger partial charge in [-0.05, 0) is 89.5 Å². The number of alkyl halides is 2. The second kappa shape index (κ2) is 17.4. The summed E-state index contributed by atoms with van der Waals surface area (Å²) < 4.78 is 28.8. The average Bonchev–Trinajstić information content (AvgIpc) is 2.97. The minimum atomic E-state index is -2.59. The second-order valence-electron chi connectivity index (χ2n) is 12.3. The van der Waals surface area contributed by atoms with Crippen LogP contribution in [-0.2, 0) is 4.79 Å². The summed E-state index contributed by atoms with van der Waals surface area (Å²) in [4.78, 5) is 23.5. The maximum atomic E-state index is 14.4. The maximum Gasteiger partial charge on any atom is 0.250 e. The molecule has 0 spiro atoms. The number of carbonyl (C=O) groups excluding carboxylic acids is 1. The van der Waals surface area contributed by atoms with E-state index >= 15 is 0 Å². The Hall–Kier alpha value is -3.12. The molecule has 4 rings (SSSR count). The van der Waals surface area contributed by atoms with Gasteiger partial charge in [-0.1, -0.05) is 40.0 Å². The van der Waals surface area contributed by atoms with Crippen molar-refractivity contribution in [3.05, 3.63) is 41.2 Å². The first-order chi connectivity index (χ1) is 20.9. The van der Waals surface area contributed by atoms with E-state index in [0.717, 1.165) is 43.4 Å². The van der Waals surface area contributed by atoms with Crippen molar-refractivity contribution in [1.29, 1.82) is 5.26 Å². The summed E-state index contributed by atoms with van der Waals surface area (Å²) >= 11 is 0. The van der Waals surface area contributed by atoms with Crippen molar-refractivity contribution in [2.75, 3.05) is 13.1 Å². The molecule has 2 N–H and O–H groups in total. The van der Waals surface area contributed by atoms with Crippen LogP contribution in [-0.4, -0.2) is 52.6 Å². The van der Waals surface area contributed by atoms with Gasteiger partial charge in [0.05, 0.1) is 41.4 Å². The molecule has 2 fully saturated rings. The molecule has 1 aromatic carbocycles. The van der Waals surface area contributed by atoms with Crippen molar-refractivity contribution in [2.45, 2.75) is 118 Å². The van der Waals surface area contributed by atoms with Crippen molar-refractivity contribution >= 4 is 23.6 Å². The van der Waals surface area contributed by atoms with Gasteiger partial charge in [0, 0.05) is 31.0 Å². The SMILES string of the molecule is CC.CC=Nc1ccc(C#N)cc1C.CCCCC1CC(CN(C(=O)C2CCC2)C2=NC=C(C(C)(C)O)NC2)CCC1(F)F. The molecule has 2 saturated carbocycles. The van der Waals surface area contributed by atoms with Crippen LogP contribution in [0.1, 0.15) is 110 Å². The Balaban J connectivity index is 0.000000403. The lowest BCUT2D eigenvalue weighted by molar-refractivity contribution is -0.136. The zero-order chi connectivity index (χ0) is 32.9. The molecule has 44 heavy (non-hydrogen) atoms. The molecule has 1 aliphatic heterocycles. The van der Waals surface area contributed by atoms with Crippen molar-refractivity contribution in [3.8, 4) is 6.07 Å². The van der Waals surface area contributed by atoms with Gasteiger partial charge in [-0.15, -0.1) is 0 Å². The van der Waals surface area contributed by atoms with E-state index < -0.39 is 17.4 Å². The van der Waals surface area contributed by atoms with Crippen LogP contribution in [0.3, 0.4) is 0 Å². The van der Waals surface area contributed by atoms with Crippen LogP contribution in [0.5, 0.6) is 0 Å². The predicted octanol–water partition coefficient (Wildman–Crippen LogP) is 8.09. The molecule has 7 nitrogen and oxygen atoms in total. The Kier molecular flexibility index (Phi) is 14.6. The summed E-state index contributed by atoms with van der Waals surface area (Å²) in [5, 5.41) is 21.9. The first-order valence-corrected chi connectivity index (χ1v) is 16.3. The van der Waals surface area contributed by atoms with Gasteiger partial charge < -0.3 is 10.4 Å². The number of amidine groups is 1. The zero-order valence-electron chi connectivity index (χ0n) is 27.8. The Bertz CT molecular complexity index is 1210. The van der Waals surface area contributed by atoms with Crippen LogP contribution in [0, 0.1) is 36.0 Å². The van der Waals surface area contributed by atoms with Crippen LogP contribution in [0.4, 0.5) is 14.5 Å². The monoisotopic (exact) mass is 613 g/mol. The Morgan fingerprint density at radius 2 is 2.00 bits per heavy atom. The lowest BCUT2D eigenvalue weighted by Crippen LogP contribution is -2.51. The van der Waals surface area contributed by atoms with Crippen LogP contribution >= 0.6 is 0 Å². The molecule has 0 saturated heterocycles. The van der Waals surface area contributed by atoms with Crippen LogP contribution in [0.25, 0.3) is 0 Å². The number of nitrogens with zero attached hydrogens (tertiary/aromatic N) is 4. The lowest BCUT2D eigenvalue weighted by atomic mass is 9.76. The number of aliphatic hydroxyl groups is 1. The molecule has 0 radical (unpaired) electrons. The van der Waals surface area contributed by atoms with Gasteiger partial charge >= 0.3 is 0 Å². The molecule has 1 heterocycles. The highest BCUT2D eigenvalue weighted by molar-refractivity contribution is 6.01. The summed E-state index contributed by atoms with van der Waals surface area (Å²) in [6.45, 7) is 14.0. The van der Waals surface area contributed by atoms with Crippen molar-refractivity contribution < 1.29 is 18.7 Å². The normalized spacial score (nSPS) is 21.2. The number of hydrogen-bond donors (Lipinski definition) is 2. The Labute approximate surface area is 263 Å². The second-order valence-corrected chi connectivity index (χ2v) is 12.3. The molecule has 1 aromatic rings. The van der Waals surface area contributed by atoms with E-state index in [1.807, 2.05) is 46.8 Å². The lowest BCUT2D eigenvalue weighted by Gasteiger charge is -2.40. The molecule has 1 amide bonds.